The van der Waals surface area contributed by atoms with Gasteiger partial charge in [-0.15, -0.1) is 0 Å². The van der Waals surface area contributed by atoms with E-state index in [4.69, 9.17) is 10.4 Å². The van der Waals surface area contributed by atoms with E-state index in [0.717, 1.165) is 24.3 Å². The minimum Gasteiger partial charge on any atom is -0.478 e. The summed E-state index contributed by atoms with van der Waals surface area (Å²) in [5.41, 5.74) is -0.631. The summed E-state index contributed by atoms with van der Waals surface area (Å²) in [4.78, 5) is 10.1. The third kappa shape index (κ3) is 2.61. The molecule has 15 heavy (non-hydrogen) atoms. The Balaban J connectivity index is 3.16. The van der Waals surface area contributed by atoms with E-state index in [0.29, 0.717) is 0 Å². The van der Waals surface area contributed by atoms with Crippen molar-refractivity contribution in [3.05, 3.63) is 41.0 Å². The molecule has 0 unspecified atom stereocenters. The Morgan fingerprint density at radius 2 is 1.93 bits per heavy atom. The summed E-state index contributed by atoms with van der Waals surface area (Å²) in [6.07, 6.45) is 1.79. The summed E-state index contributed by atoms with van der Waals surface area (Å²) in [6.45, 7) is 0. The Labute approximate surface area is 83.9 Å². The molecule has 0 aliphatic rings. The maximum atomic E-state index is 13.0. The van der Waals surface area contributed by atoms with Gasteiger partial charge in [-0.25, -0.2) is 13.6 Å². The van der Waals surface area contributed by atoms with Crippen molar-refractivity contribution in [2.24, 2.45) is 0 Å². The first-order valence-corrected chi connectivity index (χ1v) is 3.84. The lowest BCUT2D eigenvalue weighted by Crippen LogP contribution is -1.92. The summed E-state index contributed by atoms with van der Waals surface area (Å²) >= 11 is 0. The van der Waals surface area contributed by atoms with Gasteiger partial charge >= 0.3 is 5.97 Å². The van der Waals surface area contributed by atoms with Gasteiger partial charge < -0.3 is 5.11 Å². The minimum atomic E-state index is -1.22. The van der Waals surface area contributed by atoms with E-state index in [2.05, 4.69) is 0 Å². The van der Waals surface area contributed by atoms with Crippen molar-refractivity contribution in [3.63, 3.8) is 0 Å². The van der Waals surface area contributed by atoms with Crippen LogP contribution in [0.15, 0.2) is 18.2 Å². The summed E-state index contributed by atoms with van der Waals surface area (Å²) in [6, 6.07) is 3.15. The Morgan fingerprint density at radius 1 is 1.40 bits per heavy atom. The van der Waals surface area contributed by atoms with E-state index in [-0.39, 0.29) is 5.56 Å². The van der Waals surface area contributed by atoms with Gasteiger partial charge in [0.25, 0.3) is 0 Å². The number of carboxylic acid groups (broad SMARTS) is 1. The average Bonchev–Trinajstić information content (AvgIpc) is 2.14. The van der Waals surface area contributed by atoms with Gasteiger partial charge in [-0.3, -0.25) is 0 Å². The minimum absolute atomic E-state index is 0.0476. The van der Waals surface area contributed by atoms with Crippen molar-refractivity contribution in [1.29, 1.82) is 5.26 Å². The molecule has 0 radical (unpaired) electrons. The van der Waals surface area contributed by atoms with Crippen molar-refractivity contribution in [2.75, 3.05) is 0 Å². The maximum Gasteiger partial charge on any atom is 0.328 e. The lowest BCUT2D eigenvalue weighted by Gasteiger charge is -1.98. The van der Waals surface area contributed by atoms with Crippen LogP contribution in [-0.2, 0) is 4.79 Å². The summed E-state index contributed by atoms with van der Waals surface area (Å²) in [7, 11) is 0. The molecule has 0 aromatic heterocycles. The molecule has 0 aliphatic heterocycles. The number of hydrogen-bond acceptors (Lipinski definition) is 2. The van der Waals surface area contributed by atoms with Crippen LogP contribution in [0.25, 0.3) is 6.08 Å². The third-order valence-electron chi connectivity index (χ3n) is 1.59. The van der Waals surface area contributed by atoms with Crippen LogP contribution in [0.4, 0.5) is 8.78 Å². The number of rotatable bonds is 2. The molecular weight excluding hydrogens is 204 g/mol. The topological polar surface area (TPSA) is 61.1 Å². The van der Waals surface area contributed by atoms with Gasteiger partial charge in [-0.1, -0.05) is 0 Å². The highest BCUT2D eigenvalue weighted by Gasteiger charge is 2.09. The quantitative estimate of drug-likeness (QED) is 0.757. The fraction of sp³-hybridized carbons (Fsp3) is 0. The predicted octanol–water partition coefficient (Wildman–Crippen LogP) is 1.93. The summed E-state index contributed by atoms with van der Waals surface area (Å²) in [5, 5.41) is 16.7. The number of nitriles is 1. The van der Waals surface area contributed by atoms with Crippen molar-refractivity contribution in [3.8, 4) is 6.07 Å². The molecule has 1 aromatic carbocycles. The van der Waals surface area contributed by atoms with E-state index >= 15 is 0 Å². The van der Waals surface area contributed by atoms with Crippen LogP contribution >= 0.6 is 0 Å². The zero-order valence-electron chi connectivity index (χ0n) is 7.37. The first-order valence-electron chi connectivity index (χ1n) is 3.84. The first-order chi connectivity index (χ1) is 7.04. The maximum absolute atomic E-state index is 13.0. The van der Waals surface area contributed by atoms with Crippen LogP contribution in [-0.4, -0.2) is 11.1 Å². The average molecular weight is 209 g/mol. The molecule has 0 saturated carbocycles. The normalized spacial score (nSPS) is 10.2. The number of carbonyl (C=O) groups is 1. The van der Waals surface area contributed by atoms with Crippen molar-refractivity contribution >= 4 is 12.0 Å². The lowest BCUT2D eigenvalue weighted by atomic mass is 10.1. The second-order valence-corrected chi connectivity index (χ2v) is 2.64. The molecule has 5 heteroatoms. The zero-order chi connectivity index (χ0) is 11.4. The van der Waals surface area contributed by atoms with Crippen LogP contribution in [0.3, 0.4) is 0 Å². The highest BCUT2D eigenvalue weighted by Crippen LogP contribution is 2.15. The van der Waals surface area contributed by atoms with E-state index in [1.165, 1.54) is 6.07 Å². The highest BCUT2D eigenvalue weighted by molar-refractivity contribution is 5.85. The Morgan fingerprint density at radius 3 is 2.33 bits per heavy atom. The van der Waals surface area contributed by atoms with Gasteiger partial charge in [0.15, 0.2) is 0 Å². The van der Waals surface area contributed by atoms with Gasteiger partial charge in [0, 0.05) is 6.08 Å². The second kappa shape index (κ2) is 4.33. The van der Waals surface area contributed by atoms with E-state index in [1.54, 1.807) is 0 Å². The number of benzene rings is 1. The Kier molecular flexibility index (Phi) is 3.13. The van der Waals surface area contributed by atoms with Crippen LogP contribution in [0, 0.1) is 23.0 Å². The van der Waals surface area contributed by atoms with Crippen LogP contribution in [0.2, 0.25) is 0 Å². The SMILES string of the molecule is N#Cc1c(F)cc(C=CC(=O)O)cc1F. The highest BCUT2D eigenvalue weighted by atomic mass is 19.1. The van der Waals surface area contributed by atoms with Crippen LogP contribution in [0.1, 0.15) is 11.1 Å². The molecule has 1 aromatic rings. The first kappa shape index (κ1) is 10.9. The Bertz CT molecular complexity index is 452. The molecule has 0 aliphatic carbocycles. The fourth-order valence-corrected chi connectivity index (χ4v) is 0.963. The molecule has 76 valence electrons. The molecule has 1 N–H and O–H groups in total. The molecule has 0 bridgehead atoms. The number of halogens is 2. The molecule has 0 saturated heterocycles. The predicted molar refractivity (Wildman–Crippen MR) is 47.7 cm³/mol. The zero-order valence-corrected chi connectivity index (χ0v) is 7.37. The molecule has 0 spiro atoms. The largest absolute Gasteiger partial charge is 0.478 e. The lowest BCUT2D eigenvalue weighted by molar-refractivity contribution is -0.131. The standard InChI is InChI=1S/C10H5F2NO2/c11-8-3-6(1-2-10(14)15)4-9(12)7(8)5-13/h1-4H,(H,14,15). The van der Waals surface area contributed by atoms with E-state index < -0.39 is 23.2 Å². The Hall–Kier alpha value is -2.22. The molecule has 3 nitrogen and oxygen atoms in total. The monoisotopic (exact) mass is 209 g/mol. The van der Waals surface area contributed by atoms with Gasteiger partial charge in [-0.05, 0) is 23.8 Å². The fourth-order valence-electron chi connectivity index (χ4n) is 0.963. The van der Waals surface area contributed by atoms with Crippen molar-refractivity contribution in [2.45, 2.75) is 0 Å². The van der Waals surface area contributed by atoms with E-state index in [9.17, 15) is 13.6 Å². The second-order valence-electron chi connectivity index (χ2n) is 2.64. The third-order valence-corrected chi connectivity index (χ3v) is 1.59. The molecular formula is C10H5F2NO2. The van der Waals surface area contributed by atoms with Gasteiger partial charge in [0.05, 0.1) is 0 Å². The molecule has 0 amide bonds. The number of hydrogen-bond donors (Lipinski definition) is 1. The molecule has 0 heterocycles. The van der Waals surface area contributed by atoms with Gasteiger partial charge in [0.2, 0.25) is 0 Å². The molecule has 0 atom stereocenters. The molecule has 1 rings (SSSR count). The summed E-state index contributed by atoms with van der Waals surface area (Å²) in [5.74, 6) is -3.25. The van der Waals surface area contributed by atoms with Gasteiger partial charge in [0.1, 0.15) is 23.3 Å². The number of aliphatic carboxylic acids is 1. The van der Waals surface area contributed by atoms with E-state index in [1.807, 2.05) is 0 Å². The summed E-state index contributed by atoms with van der Waals surface area (Å²) < 4.78 is 26.0. The van der Waals surface area contributed by atoms with Crippen molar-refractivity contribution < 1.29 is 18.7 Å². The van der Waals surface area contributed by atoms with Crippen LogP contribution in [0.5, 0.6) is 0 Å². The van der Waals surface area contributed by atoms with Crippen molar-refractivity contribution in [1.82, 2.24) is 0 Å². The molecule has 0 fully saturated rings. The van der Waals surface area contributed by atoms with Crippen LogP contribution < -0.4 is 0 Å². The smallest absolute Gasteiger partial charge is 0.328 e. The number of nitrogens with zero attached hydrogens (tertiary/aromatic N) is 1. The number of carboxylic acids is 1. The van der Waals surface area contributed by atoms with Gasteiger partial charge in [-0.2, -0.15) is 5.26 Å².